The molecule has 56 valence electrons. The van der Waals surface area contributed by atoms with Gasteiger partial charge in [-0.1, -0.05) is 0 Å². The van der Waals surface area contributed by atoms with Gasteiger partial charge in [0.05, 0.1) is 0 Å². The maximum absolute atomic E-state index is 8.89. The number of rotatable bonds is 2. The summed E-state index contributed by atoms with van der Waals surface area (Å²) < 4.78 is 0. The summed E-state index contributed by atoms with van der Waals surface area (Å²) in [6.45, 7) is 0. The minimum absolute atomic E-state index is 0. The molecule has 0 unspecified atom stereocenters. The average molecular weight is 283 g/mol. The number of carboxylic acids is 2. The zero-order valence-corrected chi connectivity index (χ0v) is 9.75. The zero-order valence-electron chi connectivity index (χ0n) is 5.31. The van der Waals surface area contributed by atoms with Crippen LogP contribution in [0.25, 0.3) is 0 Å². The van der Waals surface area contributed by atoms with Crippen LogP contribution in [0, 0.1) is 0 Å². The summed E-state index contributed by atoms with van der Waals surface area (Å²) in [6.07, 6.45) is -0.556. The van der Waals surface area contributed by atoms with Crippen molar-refractivity contribution in [2.45, 2.75) is 0 Å². The monoisotopic (exact) mass is 284 g/mol. The number of carbonyl (C=O) groups excluding carboxylic acids is 4. The molecule has 6 nitrogen and oxygen atoms in total. The molecule has 0 amide bonds. The number of aliphatic carboxylic acids is 2. The molecular formula is C4H2BaO6. The van der Waals surface area contributed by atoms with E-state index in [0.29, 0.717) is 0 Å². The van der Waals surface area contributed by atoms with Gasteiger partial charge in [-0.25, -0.2) is 0 Å². The molecule has 0 heterocycles. The van der Waals surface area contributed by atoms with Crippen molar-refractivity contribution < 1.29 is 29.4 Å². The molecule has 11 heavy (non-hydrogen) atoms. The molecule has 0 aliphatic heterocycles. The van der Waals surface area contributed by atoms with Gasteiger partial charge in [0.1, 0.15) is 11.9 Å². The summed E-state index contributed by atoms with van der Waals surface area (Å²) in [7, 11) is 0. The molecule has 7 heteroatoms. The van der Waals surface area contributed by atoms with Gasteiger partial charge >= 0.3 is 48.9 Å². The molecule has 0 bridgehead atoms. The minimum atomic E-state index is -1.68. The summed E-state index contributed by atoms with van der Waals surface area (Å²) in [5.74, 6) is -3.35. The van der Waals surface area contributed by atoms with Crippen molar-refractivity contribution >= 4 is 73.4 Å². The topological polar surface area (TPSA) is 114 Å². The first-order chi connectivity index (χ1) is 4.54. The first-order valence-electron chi connectivity index (χ1n) is 1.87. The summed E-state index contributed by atoms with van der Waals surface area (Å²) in [5.41, 5.74) is 0. The van der Waals surface area contributed by atoms with Crippen molar-refractivity contribution in [3.8, 4) is 0 Å². The minimum Gasteiger partial charge on any atom is -0.542 e. The van der Waals surface area contributed by atoms with Gasteiger partial charge in [-0.2, -0.15) is 0 Å². The van der Waals surface area contributed by atoms with Crippen LogP contribution in [-0.2, 0) is 19.2 Å². The van der Waals surface area contributed by atoms with Crippen molar-refractivity contribution in [2.24, 2.45) is 0 Å². The van der Waals surface area contributed by atoms with E-state index in [2.05, 4.69) is 0 Å². The Morgan fingerprint density at radius 2 is 1.00 bits per heavy atom. The van der Waals surface area contributed by atoms with Crippen LogP contribution in [0.4, 0.5) is 0 Å². The molecular weight excluding hydrogens is 281 g/mol. The van der Waals surface area contributed by atoms with Gasteiger partial charge in [0.25, 0.3) is 0 Å². The number of carboxylic acid groups (broad SMARTS) is 2. The van der Waals surface area contributed by atoms with Gasteiger partial charge < -0.3 is 19.8 Å². The third kappa shape index (κ3) is 40.9. The van der Waals surface area contributed by atoms with E-state index in [1.807, 2.05) is 0 Å². The molecule has 0 aromatic carbocycles. The number of aldehydes is 2. The Balaban J connectivity index is -0.000000107. The van der Waals surface area contributed by atoms with Crippen molar-refractivity contribution in [1.82, 2.24) is 0 Å². The molecule has 0 radical (unpaired) electrons. The molecule has 0 fully saturated rings. The predicted molar refractivity (Wildman–Crippen MR) is 27.9 cm³/mol. The molecule has 0 aromatic heterocycles. The van der Waals surface area contributed by atoms with Gasteiger partial charge in [-0.3, -0.25) is 9.59 Å². The largest absolute Gasteiger partial charge is 2.00 e. The Morgan fingerprint density at radius 3 is 1.00 bits per heavy atom. The van der Waals surface area contributed by atoms with Crippen LogP contribution in [0.15, 0.2) is 0 Å². The molecule has 0 aromatic rings. The maximum atomic E-state index is 8.89. The average Bonchev–Trinajstić information content (AvgIpc) is 1.89. The summed E-state index contributed by atoms with van der Waals surface area (Å²) in [5, 5.41) is 17.8. The molecule has 0 N–H and O–H groups in total. The normalized spacial score (nSPS) is 5.82. The molecule has 0 spiro atoms. The molecule has 0 rings (SSSR count). The molecule has 0 saturated carbocycles. The standard InChI is InChI=1S/2C2H2O3.Ba/c2*3-1-2(4)5;/h2*1H,(H,4,5);/q;;+2/p-2. The predicted octanol–water partition coefficient (Wildman–Crippen LogP) is -4.51. The van der Waals surface area contributed by atoms with E-state index in [1.165, 1.54) is 0 Å². The molecule has 0 aliphatic carbocycles. The van der Waals surface area contributed by atoms with Crippen molar-refractivity contribution in [1.29, 1.82) is 0 Å². The zero-order chi connectivity index (χ0) is 8.57. The second kappa shape index (κ2) is 12.5. The van der Waals surface area contributed by atoms with E-state index in [1.54, 1.807) is 0 Å². The Hall–Kier alpha value is -0.149. The van der Waals surface area contributed by atoms with Crippen LogP contribution in [0.1, 0.15) is 0 Å². The van der Waals surface area contributed by atoms with Gasteiger partial charge in [-0.05, 0) is 0 Å². The van der Waals surface area contributed by atoms with E-state index in [9.17, 15) is 0 Å². The quantitative estimate of drug-likeness (QED) is 0.286. The van der Waals surface area contributed by atoms with Crippen molar-refractivity contribution in [3.63, 3.8) is 0 Å². The summed E-state index contributed by atoms with van der Waals surface area (Å²) >= 11 is 0. The number of hydrogen-bond donors (Lipinski definition) is 0. The number of hydrogen-bond acceptors (Lipinski definition) is 6. The van der Waals surface area contributed by atoms with Gasteiger partial charge in [0.15, 0.2) is 12.6 Å². The van der Waals surface area contributed by atoms with E-state index in [4.69, 9.17) is 29.4 Å². The van der Waals surface area contributed by atoms with Gasteiger partial charge in [-0.15, -0.1) is 0 Å². The Kier molecular flexibility index (Phi) is 19.4. The Morgan fingerprint density at radius 1 is 0.909 bits per heavy atom. The maximum Gasteiger partial charge on any atom is 2.00 e. The van der Waals surface area contributed by atoms with E-state index >= 15 is 0 Å². The third-order valence-corrected chi connectivity index (χ3v) is 0.192. The first kappa shape index (κ1) is 17.1. The Bertz CT molecular complexity index is 135. The van der Waals surface area contributed by atoms with Crippen LogP contribution in [0.5, 0.6) is 0 Å². The van der Waals surface area contributed by atoms with Crippen molar-refractivity contribution in [2.75, 3.05) is 0 Å². The fraction of sp³-hybridized carbons (Fsp3) is 0. The van der Waals surface area contributed by atoms with Crippen LogP contribution < -0.4 is 10.2 Å². The SMILES string of the molecule is O=CC(=O)[O-].O=CC(=O)[O-].[Ba+2]. The fourth-order valence-electron chi connectivity index (χ4n) is 0. The summed E-state index contributed by atoms with van der Waals surface area (Å²) in [6, 6.07) is 0. The molecule has 0 atom stereocenters. The molecule has 0 aliphatic rings. The molecule has 0 saturated heterocycles. The van der Waals surface area contributed by atoms with E-state index < -0.39 is 11.9 Å². The third-order valence-electron chi connectivity index (χ3n) is 0.192. The van der Waals surface area contributed by atoms with Crippen LogP contribution in [0.3, 0.4) is 0 Å². The Labute approximate surface area is 102 Å². The van der Waals surface area contributed by atoms with Gasteiger partial charge in [0, 0.05) is 0 Å². The number of carbonyl (C=O) groups is 4. The fourth-order valence-corrected chi connectivity index (χ4v) is 0. The van der Waals surface area contributed by atoms with Crippen LogP contribution in [0.2, 0.25) is 0 Å². The van der Waals surface area contributed by atoms with E-state index in [-0.39, 0.29) is 61.5 Å². The van der Waals surface area contributed by atoms with Crippen LogP contribution >= 0.6 is 0 Å². The van der Waals surface area contributed by atoms with Crippen LogP contribution in [-0.4, -0.2) is 73.4 Å². The summed E-state index contributed by atoms with van der Waals surface area (Å²) in [4.78, 5) is 35.5. The smallest absolute Gasteiger partial charge is 0.542 e. The van der Waals surface area contributed by atoms with Crippen molar-refractivity contribution in [3.05, 3.63) is 0 Å². The second-order valence-electron chi connectivity index (χ2n) is 0.874. The second-order valence-corrected chi connectivity index (χ2v) is 0.874. The first-order valence-corrected chi connectivity index (χ1v) is 1.87. The van der Waals surface area contributed by atoms with Gasteiger partial charge in [0.2, 0.25) is 0 Å². The van der Waals surface area contributed by atoms with E-state index in [0.717, 1.165) is 0 Å².